The molecule has 2 N–H and O–H groups in total. The number of carbonyl (C=O) groups excluding carboxylic acids is 1. The molecule has 2 aliphatic heterocycles. The Morgan fingerprint density at radius 1 is 1.07 bits per heavy atom. The van der Waals surface area contributed by atoms with Gasteiger partial charge in [-0.3, -0.25) is 14.8 Å². The third-order valence-electron chi connectivity index (χ3n) is 8.95. The maximum Gasteiger partial charge on any atom is 0.220 e. The molecule has 0 radical (unpaired) electrons. The van der Waals surface area contributed by atoms with Crippen LogP contribution >= 0.6 is 0 Å². The summed E-state index contributed by atoms with van der Waals surface area (Å²) >= 11 is 0. The number of rotatable bonds is 10. The van der Waals surface area contributed by atoms with Gasteiger partial charge < -0.3 is 19.9 Å². The molecular formula is C32H45N9O2. The van der Waals surface area contributed by atoms with E-state index in [2.05, 4.69) is 74.3 Å². The van der Waals surface area contributed by atoms with Crippen molar-refractivity contribution in [2.45, 2.75) is 52.5 Å². The molecule has 2 aliphatic rings. The summed E-state index contributed by atoms with van der Waals surface area (Å²) in [6.07, 6.45) is 8.03. The van der Waals surface area contributed by atoms with Crippen molar-refractivity contribution < 1.29 is 9.53 Å². The second-order valence-electron chi connectivity index (χ2n) is 12.5. The summed E-state index contributed by atoms with van der Waals surface area (Å²) < 4.78 is 7.71. The van der Waals surface area contributed by atoms with Gasteiger partial charge in [0.1, 0.15) is 11.6 Å². The number of anilines is 1. The van der Waals surface area contributed by atoms with Crippen molar-refractivity contribution in [1.82, 2.24) is 39.9 Å². The van der Waals surface area contributed by atoms with E-state index in [1.807, 2.05) is 30.0 Å². The molecule has 4 aromatic rings. The number of carbonyl (C=O) groups is 1. The van der Waals surface area contributed by atoms with Crippen LogP contribution in [-0.2, 0) is 4.79 Å². The van der Waals surface area contributed by atoms with E-state index in [-0.39, 0.29) is 11.4 Å². The van der Waals surface area contributed by atoms with Gasteiger partial charge in [0.2, 0.25) is 5.91 Å². The Balaban J connectivity index is 1.19. The molecule has 0 atom stereocenters. The summed E-state index contributed by atoms with van der Waals surface area (Å²) in [7, 11) is 0. The predicted octanol–water partition coefficient (Wildman–Crippen LogP) is 3.81. The number of hydrogen-bond acceptors (Lipinski definition) is 8. The van der Waals surface area contributed by atoms with E-state index in [4.69, 9.17) is 9.72 Å². The number of piperidine rings is 1. The molecule has 0 aromatic carbocycles. The zero-order valence-corrected chi connectivity index (χ0v) is 26.0. The van der Waals surface area contributed by atoms with Gasteiger partial charge in [-0.05, 0) is 50.4 Å². The smallest absolute Gasteiger partial charge is 0.220 e. The fraction of sp³-hybridized carbons (Fsp3) is 0.562. The number of nitrogens with one attached hydrogen (secondary N) is 2. The fourth-order valence-corrected chi connectivity index (χ4v) is 6.63. The molecule has 2 fully saturated rings. The van der Waals surface area contributed by atoms with Crippen LogP contribution in [0.2, 0.25) is 0 Å². The van der Waals surface area contributed by atoms with Gasteiger partial charge in [-0.2, -0.15) is 5.10 Å². The molecule has 0 bridgehead atoms. The summed E-state index contributed by atoms with van der Waals surface area (Å²) in [6, 6.07) is 6.29. The number of fused-ring (bicyclic) bond motifs is 3. The summed E-state index contributed by atoms with van der Waals surface area (Å²) in [5.41, 5.74) is 3.50. The maximum atomic E-state index is 13.0. The first-order valence-electron chi connectivity index (χ1n) is 15.8. The van der Waals surface area contributed by atoms with Gasteiger partial charge in [-0.15, -0.1) is 5.10 Å². The fourth-order valence-electron chi connectivity index (χ4n) is 6.63. The Hall–Kier alpha value is -3.70. The van der Waals surface area contributed by atoms with Crippen LogP contribution in [0.25, 0.3) is 27.7 Å². The molecule has 0 unspecified atom stereocenters. The van der Waals surface area contributed by atoms with Gasteiger partial charge in [-0.1, -0.05) is 20.8 Å². The number of ether oxygens (including phenoxy) is 1. The van der Waals surface area contributed by atoms with Gasteiger partial charge in [0.25, 0.3) is 0 Å². The van der Waals surface area contributed by atoms with Crippen LogP contribution in [0.4, 0.5) is 5.82 Å². The number of hydrogen-bond donors (Lipinski definition) is 2. The van der Waals surface area contributed by atoms with Gasteiger partial charge in [0.05, 0.1) is 35.4 Å². The first kappa shape index (κ1) is 29.4. The average Bonchev–Trinajstić information content (AvgIpc) is 3.59. The predicted molar refractivity (Wildman–Crippen MR) is 170 cm³/mol. The third-order valence-corrected chi connectivity index (χ3v) is 8.95. The standard InChI is InChI=1S/C32H45N9O2/c1-5-38-13-15-39(16-14-38)22-32(35-29(42)17-23(3)4)9-11-40(12-10-32)28-8-7-24(19-33-28)26-18-25(43-6-2)21-41-30(26)27-20-34-36-31(27)37-41/h7-8,18-21,23H,5-6,9-17,22H2,1-4H3,(H,35,42)(H,36,37). The van der Waals surface area contributed by atoms with Crippen LogP contribution in [0.3, 0.4) is 0 Å². The maximum absolute atomic E-state index is 13.0. The van der Waals surface area contributed by atoms with Gasteiger partial charge in [0, 0.05) is 69.6 Å². The Labute approximate surface area is 253 Å². The van der Waals surface area contributed by atoms with E-state index in [0.717, 1.165) is 104 Å². The Bertz CT molecular complexity index is 1530. The van der Waals surface area contributed by atoms with Crippen LogP contribution in [0.5, 0.6) is 5.75 Å². The van der Waals surface area contributed by atoms with Crippen LogP contribution in [0, 0.1) is 5.92 Å². The summed E-state index contributed by atoms with van der Waals surface area (Å²) in [5, 5.41) is 16.3. The number of H-pyrrole nitrogens is 1. The molecule has 230 valence electrons. The molecule has 0 saturated carbocycles. The quantitative estimate of drug-likeness (QED) is 0.289. The molecule has 6 heterocycles. The highest BCUT2D eigenvalue weighted by molar-refractivity contribution is 6.00. The number of aromatic nitrogens is 5. The number of aromatic amines is 1. The monoisotopic (exact) mass is 587 g/mol. The lowest BCUT2D eigenvalue weighted by molar-refractivity contribution is -0.124. The van der Waals surface area contributed by atoms with Gasteiger partial charge >= 0.3 is 0 Å². The van der Waals surface area contributed by atoms with Crippen LogP contribution in [0.15, 0.2) is 36.8 Å². The summed E-state index contributed by atoms with van der Waals surface area (Å²) in [5.74, 6) is 2.23. The molecule has 6 rings (SSSR count). The van der Waals surface area contributed by atoms with E-state index in [1.54, 1.807) is 0 Å². The SMILES string of the molecule is CCOc1cc(-c2ccc(N3CCC(CN4CCN(CC)CC4)(NC(=O)CC(C)C)CC3)nc2)c2c3cn[nH]c3nn2c1. The second kappa shape index (κ2) is 12.5. The summed E-state index contributed by atoms with van der Waals surface area (Å²) in [6.45, 7) is 17.0. The van der Waals surface area contributed by atoms with Crippen LogP contribution in [-0.4, -0.2) is 105 Å². The lowest BCUT2D eigenvalue weighted by Gasteiger charge is -2.46. The minimum absolute atomic E-state index is 0.172. The molecule has 0 spiro atoms. The van der Waals surface area contributed by atoms with Gasteiger partial charge in [0.15, 0.2) is 5.65 Å². The van der Waals surface area contributed by atoms with Gasteiger partial charge in [-0.25, -0.2) is 9.50 Å². The molecule has 43 heavy (non-hydrogen) atoms. The second-order valence-corrected chi connectivity index (χ2v) is 12.5. The van der Waals surface area contributed by atoms with E-state index in [9.17, 15) is 4.79 Å². The molecule has 11 nitrogen and oxygen atoms in total. The van der Waals surface area contributed by atoms with E-state index < -0.39 is 0 Å². The Morgan fingerprint density at radius 2 is 1.84 bits per heavy atom. The van der Waals surface area contributed by atoms with Crippen molar-refractivity contribution in [1.29, 1.82) is 0 Å². The van der Waals surface area contributed by atoms with Crippen molar-refractivity contribution in [3.8, 4) is 16.9 Å². The number of nitrogens with zero attached hydrogens (tertiary/aromatic N) is 7. The minimum atomic E-state index is -0.208. The zero-order valence-electron chi connectivity index (χ0n) is 26.0. The zero-order chi connectivity index (χ0) is 30.0. The topological polar surface area (TPSA) is 107 Å². The highest BCUT2D eigenvalue weighted by atomic mass is 16.5. The molecule has 1 amide bonds. The number of piperazine rings is 1. The molecular weight excluding hydrogens is 542 g/mol. The van der Waals surface area contributed by atoms with E-state index in [1.165, 1.54) is 0 Å². The van der Waals surface area contributed by atoms with Crippen molar-refractivity contribution in [3.63, 3.8) is 0 Å². The van der Waals surface area contributed by atoms with Crippen molar-refractivity contribution in [2.24, 2.45) is 5.92 Å². The first-order valence-corrected chi connectivity index (χ1v) is 15.8. The Kier molecular flexibility index (Phi) is 8.54. The van der Waals surface area contributed by atoms with Crippen molar-refractivity contribution in [2.75, 3.05) is 63.9 Å². The minimum Gasteiger partial charge on any atom is -0.492 e. The molecule has 4 aromatic heterocycles. The summed E-state index contributed by atoms with van der Waals surface area (Å²) in [4.78, 5) is 25.3. The van der Waals surface area contributed by atoms with Crippen LogP contribution < -0.4 is 15.0 Å². The number of likely N-dealkylation sites (N-methyl/N-ethyl adjacent to an activating group) is 1. The largest absolute Gasteiger partial charge is 0.492 e. The average molecular weight is 588 g/mol. The van der Waals surface area contributed by atoms with Crippen molar-refractivity contribution >= 4 is 28.3 Å². The lowest BCUT2D eigenvalue weighted by Crippen LogP contribution is -2.62. The number of pyridine rings is 2. The van der Waals surface area contributed by atoms with E-state index in [0.29, 0.717) is 18.9 Å². The normalized spacial score (nSPS) is 18.1. The van der Waals surface area contributed by atoms with Crippen molar-refractivity contribution in [3.05, 3.63) is 36.8 Å². The molecule has 0 aliphatic carbocycles. The molecule has 2 saturated heterocycles. The highest BCUT2D eigenvalue weighted by Crippen LogP contribution is 2.34. The first-order chi connectivity index (χ1) is 20.9. The lowest BCUT2D eigenvalue weighted by atomic mass is 9.86. The highest BCUT2D eigenvalue weighted by Gasteiger charge is 2.38. The molecule has 11 heteroatoms. The van der Waals surface area contributed by atoms with E-state index >= 15 is 0 Å². The number of amides is 1. The van der Waals surface area contributed by atoms with Crippen LogP contribution in [0.1, 0.15) is 47.0 Å². The Morgan fingerprint density at radius 3 is 2.51 bits per heavy atom. The third kappa shape index (κ3) is 6.33.